The van der Waals surface area contributed by atoms with Gasteiger partial charge in [-0.25, -0.2) is 0 Å². The lowest BCUT2D eigenvalue weighted by molar-refractivity contribution is -0.156. The highest BCUT2D eigenvalue weighted by Crippen LogP contribution is 2.44. The minimum absolute atomic E-state index is 0.0661. The quantitative estimate of drug-likeness (QED) is 0.489. The van der Waals surface area contributed by atoms with Crippen molar-refractivity contribution in [2.24, 2.45) is 23.7 Å². The van der Waals surface area contributed by atoms with E-state index < -0.39 is 35.7 Å². The normalized spacial score (nSPS) is 39.6. The van der Waals surface area contributed by atoms with Crippen LogP contribution in [-0.2, 0) is 28.7 Å². The van der Waals surface area contributed by atoms with Crippen LogP contribution in [0.1, 0.15) is 25.7 Å². The molecule has 1 aliphatic carbocycles. The summed E-state index contributed by atoms with van der Waals surface area (Å²) < 4.78 is 9.13. The summed E-state index contributed by atoms with van der Waals surface area (Å²) in [4.78, 5) is 45.4. The van der Waals surface area contributed by atoms with Crippen molar-refractivity contribution in [1.29, 1.82) is 0 Å². The molecule has 1 saturated carbocycles. The number of carbonyl (C=O) groups is 4. The summed E-state index contributed by atoms with van der Waals surface area (Å²) in [5, 5.41) is 0. The second-order valence-corrected chi connectivity index (χ2v) is 5.13. The van der Waals surface area contributed by atoms with E-state index in [9.17, 15) is 19.2 Å². The molecule has 0 spiro atoms. The number of rotatable bonds is 1. The molecule has 0 N–H and O–H groups in total. The first-order valence-corrected chi connectivity index (χ1v) is 6.06. The number of ether oxygens (including phenoxy) is 2. The maximum atomic E-state index is 11.5. The predicted octanol–water partition coefficient (Wildman–Crippen LogP) is 0.192. The molecule has 96 valence electrons. The number of fused-ring (bicyclic) bond motifs is 1. The van der Waals surface area contributed by atoms with Crippen molar-refractivity contribution in [3.8, 4) is 0 Å². The van der Waals surface area contributed by atoms with E-state index in [0.29, 0.717) is 19.3 Å². The van der Waals surface area contributed by atoms with Crippen molar-refractivity contribution in [2.75, 3.05) is 0 Å². The molecule has 0 radical (unpaired) electrons. The first-order valence-electron chi connectivity index (χ1n) is 6.06. The molecule has 0 aromatic heterocycles. The van der Waals surface area contributed by atoms with Gasteiger partial charge in [-0.15, -0.1) is 0 Å². The number of hydrogen-bond acceptors (Lipinski definition) is 6. The van der Waals surface area contributed by atoms with E-state index in [4.69, 9.17) is 0 Å². The molecule has 3 fully saturated rings. The van der Waals surface area contributed by atoms with Crippen LogP contribution in [0, 0.1) is 23.7 Å². The third-order valence-corrected chi connectivity index (χ3v) is 4.17. The molecule has 3 aliphatic rings. The Morgan fingerprint density at radius 2 is 1.44 bits per heavy atom. The molecular weight excluding hydrogens is 240 g/mol. The molecule has 3 rings (SSSR count). The zero-order valence-electron chi connectivity index (χ0n) is 9.59. The SMILES string of the molecule is O=C1CC(C2CCC3C(=O)OC(=O)C3C2)C(=O)O1. The highest BCUT2D eigenvalue weighted by Gasteiger charge is 2.51. The molecule has 2 heterocycles. The van der Waals surface area contributed by atoms with Crippen molar-refractivity contribution in [3.63, 3.8) is 0 Å². The van der Waals surface area contributed by atoms with Gasteiger partial charge in [-0.2, -0.15) is 0 Å². The molecular formula is C12H12O6. The van der Waals surface area contributed by atoms with E-state index in [-0.39, 0.29) is 18.3 Å². The number of carbonyl (C=O) groups excluding carboxylic acids is 4. The van der Waals surface area contributed by atoms with Gasteiger partial charge in [-0.3, -0.25) is 19.2 Å². The van der Waals surface area contributed by atoms with Crippen LogP contribution in [-0.4, -0.2) is 23.9 Å². The van der Waals surface area contributed by atoms with Gasteiger partial charge < -0.3 is 9.47 Å². The predicted molar refractivity (Wildman–Crippen MR) is 54.6 cm³/mol. The molecule has 6 heteroatoms. The Kier molecular flexibility index (Phi) is 2.46. The van der Waals surface area contributed by atoms with E-state index in [1.807, 2.05) is 0 Å². The maximum absolute atomic E-state index is 11.5. The maximum Gasteiger partial charge on any atom is 0.317 e. The van der Waals surface area contributed by atoms with Gasteiger partial charge in [-0.05, 0) is 25.2 Å². The minimum Gasteiger partial charge on any atom is -0.393 e. The van der Waals surface area contributed by atoms with Gasteiger partial charge in [0.25, 0.3) is 0 Å². The molecule has 0 bridgehead atoms. The third-order valence-electron chi connectivity index (χ3n) is 4.17. The van der Waals surface area contributed by atoms with Crippen molar-refractivity contribution >= 4 is 23.9 Å². The fourth-order valence-electron chi connectivity index (χ4n) is 3.21. The second-order valence-electron chi connectivity index (χ2n) is 5.13. The van der Waals surface area contributed by atoms with E-state index in [1.54, 1.807) is 0 Å². The summed E-state index contributed by atoms with van der Waals surface area (Å²) in [6.07, 6.45) is 1.71. The van der Waals surface area contributed by atoms with E-state index in [0.717, 1.165) is 0 Å². The molecule has 4 unspecified atom stereocenters. The first kappa shape index (κ1) is 11.4. The zero-order chi connectivity index (χ0) is 12.9. The number of cyclic esters (lactones) is 4. The lowest BCUT2D eigenvalue weighted by Crippen LogP contribution is -2.32. The fraction of sp³-hybridized carbons (Fsp3) is 0.667. The van der Waals surface area contributed by atoms with Gasteiger partial charge in [0.05, 0.1) is 24.2 Å². The molecule has 18 heavy (non-hydrogen) atoms. The van der Waals surface area contributed by atoms with Gasteiger partial charge in [0, 0.05) is 0 Å². The lowest BCUT2D eigenvalue weighted by Gasteiger charge is -2.29. The summed E-state index contributed by atoms with van der Waals surface area (Å²) in [6, 6.07) is 0. The van der Waals surface area contributed by atoms with Crippen LogP contribution in [0.4, 0.5) is 0 Å². The highest BCUT2D eigenvalue weighted by molar-refractivity contribution is 5.97. The Morgan fingerprint density at radius 1 is 0.778 bits per heavy atom. The standard InChI is InChI=1S/C12H12O6/c13-9-4-7(11(15)17-9)5-1-2-6-8(3-5)12(16)18-10(6)14/h5-8H,1-4H2. The summed E-state index contributed by atoms with van der Waals surface area (Å²) in [7, 11) is 0. The molecule has 2 aliphatic heterocycles. The Balaban J connectivity index is 1.74. The Hall–Kier alpha value is -1.72. The molecule has 6 nitrogen and oxygen atoms in total. The van der Waals surface area contributed by atoms with Gasteiger partial charge in [-0.1, -0.05) is 0 Å². The monoisotopic (exact) mass is 252 g/mol. The van der Waals surface area contributed by atoms with Crippen molar-refractivity contribution < 1.29 is 28.7 Å². The Bertz CT molecular complexity index is 447. The van der Waals surface area contributed by atoms with Crippen LogP contribution in [0.3, 0.4) is 0 Å². The third kappa shape index (κ3) is 1.63. The summed E-state index contributed by atoms with van der Waals surface area (Å²) in [5.74, 6) is -3.27. The Morgan fingerprint density at radius 3 is 2.11 bits per heavy atom. The highest BCUT2D eigenvalue weighted by atomic mass is 16.6. The van der Waals surface area contributed by atoms with Gasteiger partial charge in [0.15, 0.2) is 0 Å². The van der Waals surface area contributed by atoms with Crippen molar-refractivity contribution in [3.05, 3.63) is 0 Å². The largest absolute Gasteiger partial charge is 0.393 e. The van der Waals surface area contributed by atoms with E-state index >= 15 is 0 Å². The molecule has 0 aromatic carbocycles. The average molecular weight is 252 g/mol. The van der Waals surface area contributed by atoms with Crippen LogP contribution in [0.5, 0.6) is 0 Å². The first-order chi connectivity index (χ1) is 8.56. The smallest absolute Gasteiger partial charge is 0.317 e. The number of esters is 4. The van der Waals surface area contributed by atoms with Crippen LogP contribution in [0.25, 0.3) is 0 Å². The second kappa shape index (κ2) is 3.90. The molecule has 2 saturated heterocycles. The van der Waals surface area contributed by atoms with E-state index in [1.165, 1.54) is 0 Å². The summed E-state index contributed by atoms with van der Waals surface area (Å²) in [5.41, 5.74) is 0. The Labute approximate surface area is 103 Å². The average Bonchev–Trinajstić information content (AvgIpc) is 2.80. The molecule has 4 atom stereocenters. The lowest BCUT2D eigenvalue weighted by atomic mass is 9.70. The summed E-state index contributed by atoms with van der Waals surface area (Å²) >= 11 is 0. The molecule has 0 aromatic rings. The number of hydrogen-bond donors (Lipinski definition) is 0. The summed E-state index contributed by atoms with van der Waals surface area (Å²) in [6.45, 7) is 0. The molecule has 0 amide bonds. The fourth-order valence-corrected chi connectivity index (χ4v) is 3.21. The van der Waals surface area contributed by atoms with Crippen molar-refractivity contribution in [1.82, 2.24) is 0 Å². The van der Waals surface area contributed by atoms with E-state index in [2.05, 4.69) is 9.47 Å². The van der Waals surface area contributed by atoms with Gasteiger partial charge in [0.1, 0.15) is 0 Å². The van der Waals surface area contributed by atoms with Gasteiger partial charge >= 0.3 is 23.9 Å². The topological polar surface area (TPSA) is 86.7 Å². The zero-order valence-corrected chi connectivity index (χ0v) is 9.59. The van der Waals surface area contributed by atoms with Crippen LogP contribution in [0.15, 0.2) is 0 Å². The van der Waals surface area contributed by atoms with Crippen LogP contribution in [0.2, 0.25) is 0 Å². The van der Waals surface area contributed by atoms with Crippen LogP contribution < -0.4 is 0 Å². The van der Waals surface area contributed by atoms with Gasteiger partial charge in [0.2, 0.25) is 0 Å². The van der Waals surface area contributed by atoms with Crippen LogP contribution >= 0.6 is 0 Å². The van der Waals surface area contributed by atoms with Crippen molar-refractivity contribution in [2.45, 2.75) is 25.7 Å². The minimum atomic E-state index is -0.503.